The highest BCUT2D eigenvalue weighted by molar-refractivity contribution is 5.97. The second-order valence-electron chi connectivity index (χ2n) is 10.7. The molecule has 35 heavy (non-hydrogen) atoms. The number of phenols is 1. The fourth-order valence-corrected chi connectivity index (χ4v) is 3.95. The van der Waals surface area contributed by atoms with Crippen molar-refractivity contribution in [2.75, 3.05) is 0 Å². The van der Waals surface area contributed by atoms with Crippen LogP contribution in [0.25, 0.3) is 22.0 Å². The summed E-state index contributed by atoms with van der Waals surface area (Å²) >= 11 is 0. The fourth-order valence-electron chi connectivity index (χ4n) is 3.95. The molecule has 2 aromatic heterocycles. The van der Waals surface area contributed by atoms with Gasteiger partial charge in [-0.15, -0.1) is 0 Å². The summed E-state index contributed by atoms with van der Waals surface area (Å²) in [5, 5.41) is 22.5. The molecular weight excluding hydrogens is 440 g/mol. The Labute approximate surface area is 205 Å². The molecule has 180 valence electrons. The van der Waals surface area contributed by atoms with Crippen LogP contribution in [0.15, 0.2) is 60.7 Å². The number of aromatic hydroxyl groups is 1. The van der Waals surface area contributed by atoms with Crippen molar-refractivity contribution in [3.8, 4) is 28.8 Å². The molecule has 4 aromatic rings. The molecule has 6 heteroatoms. The lowest BCUT2D eigenvalue weighted by Gasteiger charge is -2.27. The molecular formula is C29H30N2O4. The van der Waals surface area contributed by atoms with E-state index in [1.54, 1.807) is 18.2 Å². The zero-order chi connectivity index (χ0) is 25.5. The average Bonchev–Trinajstić information content (AvgIpc) is 2.77. The number of aromatic nitrogens is 2. The Morgan fingerprint density at radius 1 is 0.829 bits per heavy atom. The third-order valence-electron chi connectivity index (χ3n) is 5.91. The number of benzene rings is 2. The maximum Gasteiger partial charge on any atom is 0.354 e. The van der Waals surface area contributed by atoms with E-state index in [9.17, 15) is 15.0 Å². The second-order valence-corrected chi connectivity index (χ2v) is 10.7. The minimum Gasteiger partial charge on any atom is -0.507 e. The Bertz CT molecular complexity index is 1430. The molecule has 4 rings (SSSR count). The summed E-state index contributed by atoms with van der Waals surface area (Å²) in [7, 11) is 0. The standard InChI is InChI=1S/C29H30N2O4/c1-28(2,3)18-15-20(26(32)21(16-18)29(4,5)6)25-19-11-8-7-10-17(19)14-24(31-25)35-23-13-9-12-22(30-23)27(33)34/h7-16,32H,1-6H3,(H,33,34). The Morgan fingerprint density at radius 2 is 1.54 bits per heavy atom. The molecule has 6 nitrogen and oxygen atoms in total. The molecule has 2 aromatic carbocycles. The van der Waals surface area contributed by atoms with Crippen molar-refractivity contribution in [3.63, 3.8) is 0 Å². The van der Waals surface area contributed by atoms with Crippen molar-refractivity contribution in [2.24, 2.45) is 0 Å². The van der Waals surface area contributed by atoms with Crippen LogP contribution < -0.4 is 4.74 Å². The van der Waals surface area contributed by atoms with E-state index in [1.807, 2.05) is 30.3 Å². The third kappa shape index (κ3) is 4.97. The van der Waals surface area contributed by atoms with Gasteiger partial charge in [-0.1, -0.05) is 77.9 Å². The van der Waals surface area contributed by atoms with E-state index in [2.05, 4.69) is 52.6 Å². The number of nitrogens with zero attached hydrogens (tertiary/aromatic N) is 2. The molecule has 0 bridgehead atoms. The van der Waals surface area contributed by atoms with Gasteiger partial charge in [-0.3, -0.25) is 0 Å². The van der Waals surface area contributed by atoms with E-state index in [-0.39, 0.29) is 34.0 Å². The van der Waals surface area contributed by atoms with Gasteiger partial charge in [0.25, 0.3) is 0 Å². The Balaban J connectivity index is 1.96. The third-order valence-corrected chi connectivity index (χ3v) is 5.91. The zero-order valence-electron chi connectivity index (χ0n) is 20.9. The number of rotatable bonds is 4. The second kappa shape index (κ2) is 8.69. The summed E-state index contributed by atoms with van der Waals surface area (Å²) in [5.74, 6) is -0.569. The Morgan fingerprint density at radius 3 is 2.20 bits per heavy atom. The van der Waals surface area contributed by atoms with Crippen molar-refractivity contribution in [1.82, 2.24) is 9.97 Å². The molecule has 0 unspecified atom stereocenters. The fraction of sp³-hybridized carbons (Fsp3) is 0.276. The van der Waals surface area contributed by atoms with Crippen LogP contribution in [0.4, 0.5) is 0 Å². The number of phenolic OH excluding ortho intramolecular Hbond substituents is 1. The SMILES string of the molecule is CC(C)(C)c1cc(-c2nc(Oc3cccc(C(=O)O)n3)cc3ccccc23)c(O)c(C(C)(C)C)c1. The lowest BCUT2D eigenvalue weighted by atomic mass is 9.78. The van der Waals surface area contributed by atoms with Crippen molar-refractivity contribution >= 4 is 16.7 Å². The van der Waals surface area contributed by atoms with Gasteiger partial charge in [0.15, 0.2) is 5.69 Å². The van der Waals surface area contributed by atoms with Crippen LogP contribution in [0.5, 0.6) is 17.5 Å². The van der Waals surface area contributed by atoms with Gasteiger partial charge in [0, 0.05) is 28.6 Å². The molecule has 0 saturated heterocycles. The first-order valence-electron chi connectivity index (χ1n) is 11.5. The van der Waals surface area contributed by atoms with E-state index < -0.39 is 5.97 Å². The molecule has 0 fully saturated rings. The van der Waals surface area contributed by atoms with Crippen LogP contribution in [0.1, 0.15) is 63.2 Å². The number of aromatic carboxylic acids is 1. The zero-order valence-corrected chi connectivity index (χ0v) is 20.9. The molecule has 0 radical (unpaired) electrons. The number of pyridine rings is 2. The van der Waals surface area contributed by atoms with Crippen LogP contribution >= 0.6 is 0 Å². The summed E-state index contributed by atoms with van der Waals surface area (Å²) in [4.78, 5) is 20.1. The van der Waals surface area contributed by atoms with Gasteiger partial charge in [-0.2, -0.15) is 0 Å². The minimum absolute atomic E-state index is 0.117. The summed E-state index contributed by atoms with van der Waals surface area (Å²) in [6, 6.07) is 18.2. The normalized spacial score (nSPS) is 12.1. The minimum atomic E-state index is -1.14. The maximum atomic E-state index is 11.4. The quantitative estimate of drug-likeness (QED) is 0.331. The van der Waals surface area contributed by atoms with Crippen molar-refractivity contribution in [3.05, 3.63) is 77.5 Å². The Hall–Kier alpha value is -3.93. The monoisotopic (exact) mass is 470 g/mol. The first-order valence-corrected chi connectivity index (χ1v) is 11.5. The topological polar surface area (TPSA) is 92.5 Å². The highest BCUT2D eigenvalue weighted by Gasteiger charge is 2.27. The summed E-state index contributed by atoms with van der Waals surface area (Å²) in [6.45, 7) is 12.6. The summed E-state index contributed by atoms with van der Waals surface area (Å²) < 4.78 is 5.91. The first-order chi connectivity index (χ1) is 16.3. The molecule has 0 saturated carbocycles. The van der Waals surface area contributed by atoms with Gasteiger partial charge in [-0.25, -0.2) is 14.8 Å². The number of hydrogen-bond donors (Lipinski definition) is 2. The van der Waals surface area contributed by atoms with Gasteiger partial charge < -0.3 is 14.9 Å². The number of carboxylic acid groups (broad SMARTS) is 1. The van der Waals surface area contributed by atoms with Gasteiger partial charge in [0.2, 0.25) is 11.8 Å². The van der Waals surface area contributed by atoms with Crippen LogP contribution in [0.2, 0.25) is 0 Å². The average molecular weight is 471 g/mol. The van der Waals surface area contributed by atoms with Crippen molar-refractivity contribution in [1.29, 1.82) is 0 Å². The lowest BCUT2D eigenvalue weighted by Crippen LogP contribution is -2.17. The van der Waals surface area contributed by atoms with Crippen LogP contribution in [0, 0.1) is 0 Å². The maximum absolute atomic E-state index is 11.4. The highest BCUT2D eigenvalue weighted by atomic mass is 16.5. The molecule has 0 aliphatic heterocycles. The van der Waals surface area contributed by atoms with Crippen molar-refractivity contribution < 1.29 is 19.7 Å². The largest absolute Gasteiger partial charge is 0.507 e. The lowest BCUT2D eigenvalue weighted by molar-refractivity contribution is 0.0689. The predicted octanol–water partition coefficient (Wildman–Crippen LogP) is 7.09. The van der Waals surface area contributed by atoms with Gasteiger partial charge in [0.05, 0.1) is 5.69 Å². The van der Waals surface area contributed by atoms with E-state index in [1.165, 1.54) is 6.07 Å². The predicted molar refractivity (Wildman–Crippen MR) is 138 cm³/mol. The van der Waals surface area contributed by atoms with E-state index in [4.69, 9.17) is 9.72 Å². The van der Waals surface area contributed by atoms with E-state index >= 15 is 0 Å². The van der Waals surface area contributed by atoms with Gasteiger partial charge in [-0.05, 0) is 33.9 Å². The van der Waals surface area contributed by atoms with Crippen LogP contribution in [-0.2, 0) is 10.8 Å². The van der Waals surface area contributed by atoms with Gasteiger partial charge >= 0.3 is 5.97 Å². The molecule has 2 heterocycles. The van der Waals surface area contributed by atoms with E-state index in [0.717, 1.165) is 21.9 Å². The molecule has 0 atom stereocenters. The Kier molecular flexibility index (Phi) is 6.01. The highest BCUT2D eigenvalue weighted by Crippen LogP contribution is 2.44. The molecule has 0 spiro atoms. The summed E-state index contributed by atoms with van der Waals surface area (Å²) in [6.07, 6.45) is 0. The van der Waals surface area contributed by atoms with Crippen LogP contribution in [-0.4, -0.2) is 26.2 Å². The molecule has 0 amide bonds. The molecule has 0 aliphatic carbocycles. The van der Waals surface area contributed by atoms with E-state index in [0.29, 0.717) is 11.3 Å². The number of ether oxygens (including phenoxy) is 1. The molecule has 0 aliphatic rings. The van der Waals surface area contributed by atoms with Crippen LogP contribution in [0.3, 0.4) is 0 Å². The van der Waals surface area contributed by atoms with Gasteiger partial charge in [0.1, 0.15) is 5.75 Å². The number of fused-ring (bicyclic) bond motifs is 1. The number of carbonyl (C=O) groups is 1. The smallest absolute Gasteiger partial charge is 0.354 e. The first kappa shape index (κ1) is 24.2. The number of hydrogen-bond acceptors (Lipinski definition) is 5. The summed E-state index contributed by atoms with van der Waals surface area (Å²) in [5.41, 5.74) is 2.58. The van der Waals surface area contributed by atoms with Crippen molar-refractivity contribution in [2.45, 2.75) is 52.4 Å². The molecule has 2 N–H and O–H groups in total. The number of carboxylic acids is 1.